The van der Waals surface area contributed by atoms with Crippen LogP contribution in [0.4, 0.5) is 0 Å². The highest BCUT2D eigenvalue weighted by atomic mass is 35.5. The van der Waals surface area contributed by atoms with Gasteiger partial charge in [-0.1, -0.05) is 25.4 Å². The molecule has 3 atom stereocenters. The van der Waals surface area contributed by atoms with Gasteiger partial charge in [-0.3, -0.25) is 0 Å². The summed E-state index contributed by atoms with van der Waals surface area (Å²) in [6.07, 6.45) is 4.07. The second-order valence-electron chi connectivity index (χ2n) is 5.88. The predicted molar refractivity (Wildman–Crippen MR) is 81.7 cm³/mol. The van der Waals surface area contributed by atoms with Crippen molar-refractivity contribution in [3.63, 3.8) is 0 Å². The lowest BCUT2D eigenvalue weighted by molar-refractivity contribution is 0.194. The maximum absolute atomic E-state index is 6.11. The van der Waals surface area contributed by atoms with Crippen LogP contribution >= 0.6 is 22.9 Å². The molecule has 1 fully saturated rings. The molecule has 102 valence electrons. The minimum atomic E-state index is 0.705. The molecule has 1 aromatic heterocycles. The largest absolute Gasteiger partial charge is 0.319 e. The Kier molecular flexibility index (Phi) is 5.11. The maximum atomic E-state index is 6.11. The Morgan fingerprint density at radius 1 is 1.39 bits per heavy atom. The molecule has 3 unspecified atom stereocenters. The molecule has 1 aliphatic carbocycles. The molecule has 1 nitrogen and oxygen atoms in total. The minimum Gasteiger partial charge on any atom is -0.319 e. The number of nitrogens with one attached hydrogen (secondary N) is 1. The molecule has 1 aromatic rings. The molecule has 0 radical (unpaired) electrons. The van der Waals surface area contributed by atoms with Gasteiger partial charge in [0.05, 0.1) is 4.34 Å². The van der Waals surface area contributed by atoms with Gasteiger partial charge < -0.3 is 5.32 Å². The van der Waals surface area contributed by atoms with E-state index in [-0.39, 0.29) is 0 Å². The highest BCUT2D eigenvalue weighted by Gasteiger charge is 2.33. The van der Waals surface area contributed by atoms with Crippen LogP contribution in [0.25, 0.3) is 0 Å². The summed E-state index contributed by atoms with van der Waals surface area (Å²) in [5.74, 6) is 3.17. The number of hydrogen-bond acceptors (Lipinski definition) is 2. The summed E-state index contributed by atoms with van der Waals surface area (Å²) in [6, 6.07) is 4.29. The van der Waals surface area contributed by atoms with Crippen LogP contribution in [-0.4, -0.2) is 13.6 Å². The van der Waals surface area contributed by atoms with E-state index >= 15 is 0 Å². The van der Waals surface area contributed by atoms with Crippen molar-refractivity contribution < 1.29 is 0 Å². The third-order valence-corrected chi connectivity index (χ3v) is 5.77. The summed E-state index contributed by atoms with van der Waals surface area (Å²) in [5, 5.41) is 3.36. The van der Waals surface area contributed by atoms with Gasteiger partial charge >= 0.3 is 0 Å². The Balaban J connectivity index is 2.14. The Morgan fingerprint density at radius 2 is 2.17 bits per heavy atom. The number of hydrogen-bond donors (Lipinski definition) is 1. The van der Waals surface area contributed by atoms with Crippen molar-refractivity contribution in [2.75, 3.05) is 13.6 Å². The van der Waals surface area contributed by atoms with Gasteiger partial charge in [-0.2, -0.15) is 0 Å². The third-order valence-electron chi connectivity index (χ3n) is 4.40. The minimum absolute atomic E-state index is 0.705. The second-order valence-corrected chi connectivity index (χ2v) is 7.63. The van der Waals surface area contributed by atoms with Gasteiger partial charge in [-0.25, -0.2) is 0 Å². The van der Waals surface area contributed by atoms with Crippen molar-refractivity contribution >= 4 is 22.9 Å². The normalized spacial score (nSPS) is 28.8. The van der Waals surface area contributed by atoms with Crippen LogP contribution in [0.5, 0.6) is 0 Å². The fraction of sp³-hybridized carbons (Fsp3) is 0.733. The maximum Gasteiger partial charge on any atom is 0.0931 e. The van der Waals surface area contributed by atoms with Gasteiger partial charge in [0.15, 0.2) is 0 Å². The summed E-state index contributed by atoms with van der Waals surface area (Å²) >= 11 is 7.88. The van der Waals surface area contributed by atoms with E-state index in [0.29, 0.717) is 5.92 Å². The van der Waals surface area contributed by atoms with E-state index in [1.54, 1.807) is 11.3 Å². The van der Waals surface area contributed by atoms with Crippen LogP contribution < -0.4 is 5.32 Å². The van der Waals surface area contributed by atoms with Crippen LogP contribution in [0.1, 0.15) is 43.9 Å². The van der Waals surface area contributed by atoms with Gasteiger partial charge in [0.25, 0.3) is 0 Å². The lowest BCUT2D eigenvalue weighted by atomic mass is 9.70. The molecular weight excluding hydrogens is 262 g/mol. The monoisotopic (exact) mass is 285 g/mol. The molecule has 18 heavy (non-hydrogen) atoms. The zero-order valence-corrected chi connectivity index (χ0v) is 13.2. The third kappa shape index (κ3) is 3.28. The Morgan fingerprint density at radius 3 is 2.72 bits per heavy atom. The van der Waals surface area contributed by atoms with Crippen molar-refractivity contribution in [3.05, 3.63) is 21.3 Å². The first kappa shape index (κ1) is 14.4. The van der Waals surface area contributed by atoms with E-state index in [1.807, 2.05) is 0 Å². The first-order chi connectivity index (χ1) is 8.61. The number of rotatable bonds is 4. The van der Waals surface area contributed by atoms with Crippen LogP contribution in [0.2, 0.25) is 4.34 Å². The molecule has 0 bridgehead atoms. The summed E-state index contributed by atoms with van der Waals surface area (Å²) in [4.78, 5) is 1.49. The zero-order valence-electron chi connectivity index (χ0n) is 11.6. The number of thiophene rings is 1. The van der Waals surface area contributed by atoms with E-state index in [2.05, 4.69) is 38.3 Å². The fourth-order valence-electron chi connectivity index (χ4n) is 3.25. The van der Waals surface area contributed by atoms with Gasteiger partial charge in [0, 0.05) is 4.88 Å². The van der Waals surface area contributed by atoms with Gasteiger partial charge in [-0.15, -0.1) is 11.3 Å². The Labute approximate surface area is 120 Å². The zero-order chi connectivity index (χ0) is 13.1. The first-order valence-corrected chi connectivity index (χ1v) is 8.21. The smallest absolute Gasteiger partial charge is 0.0931 e. The molecule has 0 saturated heterocycles. The van der Waals surface area contributed by atoms with Crippen molar-refractivity contribution in [1.82, 2.24) is 5.32 Å². The van der Waals surface area contributed by atoms with Crippen LogP contribution in [0.3, 0.4) is 0 Å². The van der Waals surface area contributed by atoms with Crippen molar-refractivity contribution in [2.24, 2.45) is 17.8 Å². The number of halogens is 1. The van der Waals surface area contributed by atoms with Crippen LogP contribution in [0, 0.1) is 17.8 Å². The first-order valence-electron chi connectivity index (χ1n) is 7.01. The standard InChI is InChI=1S/C15H24ClNS/c1-10(2)11-4-5-12(9-17-3)13(8-11)14-6-7-15(16)18-14/h6-7,10-13,17H,4-5,8-9H2,1-3H3. The average Bonchev–Trinajstić information content (AvgIpc) is 2.76. The highest BCUT2D eigenvalue weighted by molar-refractivity contribution is 7.16. The Bertz CT molecular complexity index is 374. The van der Waals surface area contributed by atoms with E-state index in [0.717, 1.165) is 28.6 Å². The van der Waals surface area contributed by atoms with Crippen molar-refractivity contribution in [1.29, 1.82) is 0 Å². The van der Waals surface area contributed by atoms with Gasteiger partial charge in [0.1, 0.15) is 0 Å². The summed E-state index contributed by atoms with van der Waals surface area (Å²) in [5.41, 5.74) is 0. The lowest BCUT2D eigenvalue weighted by Crippen LogP contribution is -2.31. The summed E-state index contributed by atoms with van der Waals surface area (Å²) < 4.78 is 0.930. The Hall–Kier alpha value is -0.0500. The molecule has 3 heteroatoms. The van der Waals surface area contributed by atoms with Gasteiger partial charge in [0.2, 0.25) is 0 Å². The van der Waals surface area contributed by atoms with Crippen LogP contribution in [0.15, 0.2) is 12.1 Å². The lowest BCUT2D eigenvalue weighted by Gasteiger charge is -2.37. The molecule has 1 N–H and O–H groups in total. The molecule has 1 saturated carbocycles. The molecule has 1 heterocycles. The topological polar surface area (TPSA) is 12.0 Å². The quantitative estimate of drug-likeness (QED) is 0.840. The molecule has 0 amide bonds. The van der Waals surface area contributed by atoms with E-state index in [4.69, 9.17) is 11.6 Å². The average molecular weight is 286 g/mol. The van der Waals surface area contributed by atoms with Crippen molar-refractivity contribution in [2.45, 2.75) is 39.0 Å². The molecule has 0 spiro atoms. The summed E-state index contributed by atoms with van der Waals surface area (Å²) in [7, 11) is 2.06. The molecular formula is C15H24ClNS. The van der Waals surface area contributed by atoms with E-state index < -0.39 is 0 Å². The second kappa shape index (κ2) is 6.40. The van der Waals surface area contributed by atoms with E-state index in [1.165, 1.54) is 24.1 Å². The van der Waals surface area contributed by atoms with Crippen molar-refractivity contribution in [3.8, 4) is 0 Å². The summed E-state index contributed by atoms with van der Waals surface area (Å²) in [6.45, 7) is 5.86. The molecule has 1 aliphatic rings. The molecule has 0 aliphatic heterocycles. The highest BCUT2D eigenvalue weighted by Crippen LogP contribution is 2.45. The molecule has 0 aromatic carbocycles. The van der Waals surface area contributed by atoms with E-state index in [9.17, 15) is 0 Å². The van der Waals surface area contributed by atoms with Crippen LogP contribution in [-0.2, 0) is 0 Å². The predicted octanol–water partition coefficient (Wildman–Crippen LogP) is 4.78. The molecule has 2 rings (SSSR count). The van der Waals surface area contributed by atoms with Gasteiger partial charge in [-0.05, 0) is 68.7 Å². The SMILES string of the molecule is CNCC1CCC(C(C)C)CC1c1ccc(Cl)s1. The fourth-order valence-corrected chi connectivity index (χ4v) is 4.52.